The summed E-state index contributed by atoms with van der Waals surface area (Å²) in [5.41, 5.74) is 0.928. The maximum atomic E-state index is 10.7. The quantitative estimate of drug-likeness (QED) is 0.777. The monoisotopic (exact) mass is 272 g/mol. The molecule has 1 saturated heterocycles. The minimum Gasteiger partial charge on any atom is -0.419 e. The van der Waals surface area contributed by atoms with Crippen LogP contribution < -0.4 is 0 Å². The van der Waals surface area contributed by atoms with Crippen LogP contribution in [0.2, 0.25) is 0 Å². The first-order chi connectivity index (χ1) is 9.85. The number of amides is 1. The minimum absolute atomic E-state index is 0.548. The minimum atomic E-state index is 0.548. The summed E-state index contributed by atoms with van der Waals surface area (Å²) in [7, 11) is 0. The molecular weight excluding hydrogens is 256 g/mol. The summed E-state index contributed by atoms with van der Waals surface area (Å²) in [6, 6.07) is 9.73. The molecule has 20 heavy (non-hydrogen) atoms. The van der Waals surface area contributed by atoms with Crippen molar-refractivity contribution in [2.45, 2.75) is 6.54 Å². The molecule has 1 amide bonds. The van der Waals surface area contributed by atoms with Crippen LogP contribution in [0.25, 0.3) is 11.5 Å². The summed E-state index contributed by atoms with van der Waals surface area (Å²) in [5, 5.41) is 8.16. The van der Waals surface area contributed by atoms with Crippen molar-refractivity contribution >= 4 is 6.41 Å². The van der Waals surface area contributed by atoms with Gasteiger partial charge in [0, 0.05) is 31.7 Å². The van der Waals surface area contributed by atoms with Gasteiger partial charge in [0.25, 0.3) is 0 Å². The van der Waals surface area contributed by atoms with Crippen molar-refractivity contribution in [3.8, 4) is 11.5 Å². The van der Waals surface area contributed by atoms with Crippen LogP contribution in [0.3, 0.4) is 0 Å². The van der Waals surface area contributed by atoms with E-state index in [1.807, 2.05) is 30.3 Å². The highest BCUT2D eigenvalue weighted by molar-refractivity contribution is 5.51. The Hall–Kier alpha value is -2.21. The van der Waals surface area contributed by atoms with Gasteiger partial charge in [-0.2, -0.15) is 0 Å². The molecule has 6 nitrogen and oxygen atoms in total. The Morgan fingerprint density at radius 1 is 1.10 bits per heavy atom. The Labute approximate surface area is 117 Å². The topological polar surface area (TPSA) is 62.5 Å². The number of piperazine rings is 1. The van der Waals surface area contributed by atoms with Gasteiger partial charge in [-0.25, -0.2) is 0 Å². The summed E-state index contributed by atoms with van der Waals surface area (Å²) in [4.78, 5) is 14.6. The average molecular weight is 272 g/mol. The summed E-state index contributed by atoms with van der Waals surface area (Å²) >= 11 is 0. The summed E-state index contributed by atoms with van der Waals surface area (Å²) in [5.74, 6) is 1.16. The summed E-state index contributed by atoms with van der Waals surface area (Å²) in [6.07, 6.45) is 0.900. The predicted molar refractivity (Wildman–Crippen MR) is 72.6 cm³/mol. The number of carbonyl (C=O) groups is 1. The number of nitrogens with zero attached hydrogens (tertiary/aromatic N) is 4. The SMILES string of the molecule is O=CN1CCN(Cc2nnc(-c3ccccc3)o2)CC1. The molecule has 2 aromatic rings. The van der Waals surface area contributed by atoms with E-state index in [0.717, 1.165) is 38.2 Å². The van der Waals surface area contributed by atoms with Gasteiger partial charge >= 0.3 is 0 Å². The van der Waals surface area contributed by atoms with Crippen LogP contribution >= 0.6 is 0 Å². The van der Waals surface area contributed by atoms with Crippen LogP contribution in [0.1, 0.15) is 5.89 Å². The highest BCUT2D eigenvalue weighted by atomic mass is 16.4. The van der Waals surface area contributed by atoms with Crippen molar-refractivity contribution in [1.29, 1.82) is 0 Å². The second-order valence-electron chi connectivity index (χ2n) is 4.78. The Bertz CT molecular complexity index is 562. The van der Waals surface area contributed by atoms with Crippen LogP contribution in [-0.4, -0.2) is 52.6 Å². The fourth-order valence-corrected chi connectivity index (χ4v) is 2.23. The standard InChI is InChI=1S/C14H16N4O2/c19-11-18-8-6-17(7-9-18)10-13-15-16-14(20-13)12-4-2-1-3-5-12/h1-5,11H,6-10H2. The molecule has 0 N–H and O–H groups in total. The lowest BCUT2D eigenvalue weighted by Crippen LogP contribution is -2.45. The number of hydrogen-bond donors (Lipinski definition) is 0. The van der Waals surface area contributed by atoms with E-state index in [2.05, 4.69) is 15.1 Å². The third-order valence-corrected chi connectivity index (χ3v) is 3.40. The summed E-state index contributed by atoms with van der Waals surface area (Å²) < 4.78 is 5.68. The molecule has 1 aliphatic heterocycles. The van der Waals surface area contributed by atoms with E-state index in [0.29, 0.717) is 18.3 Å². The molecule has 0 saturated carbocycles. The zero-order chi connectivity index (χ0) is 13.8. The molecule has 0 radical (unpaired) electrons. The van der Waals surface area contributed by atoms with E-state index < -0.39 is 0 Å². The van der Waals surface area contributed by atoms with E-state index in [1.54, 1.807) is 4.90 Å². The van der Waals surface area contributed by atoms with E-state index in [1.165, 1.54) is 0 Å². The fourth-order valence-electron chi connectivity index (χ4n) is 2.23. The van der Waals surface area contributed by atoms with Crippen molar-refractivity contribution in [3.63, 3.8) is 0 Å². The molecule has 3 rings (SSSR count). The second-order valence-corrected chi connectivity index (χ2v) is 4.78. The van der Waals surface area contributed by atoms with Gasteiger partial charge in [-0.15, -0.1) is 10.2 Å². The van der Waals surface area contributed by atoms with E-state index in [9.17, 15) is 4.79 Å². The van der Waals surface area contributed by atoms with Crippen molar-refractivity contribution in [3.05, 3.63) is 36.2 Å². The molecule has 6 heteroatoms. The largest absolute Gasteiger partial charge is 0.419 e. The molecule has 104 valence electrons. The second kappa shape index (κ2) is 5.83. The molecule has 0 atom stereocenters. The molecule has 1 fully saturated rings. The molecular formula is C14H16N4O2. The molecule has 0 unspecified atom stereocenters. The van der Waals surface area contributed by atoms with Crippen molar-refractivity contribution in [1.82, 2.24) is 20.0 Å². The number of carbonyl (C=O) groups excluding carboxylic acids is 1. The van der Waals surface area contributed by atoms with Crippen LogP contribution in [0.5, 0.6) is 0 Å². The van der Waals surface area contributed by atoms with Gasteiger partial charge in [0.2, 0.25) is 18.2 Å². The highest BCUT2D eigenvalue weighted by Crippen LogP contribution is 2.17. The van der Waals surface area contributed by atoms with Gasteiger partial charge < -0.3 is 9.32 Å². The predicted octanol–water partition coefficient (Wildman–Crippen LogP) is 1.01. The van der Waals surface area contributed by atoms with Crippen molar-refractivity contribution in [2.24, 2.45) is 0 Å². The molecule has 1 aliphatic rings. The Morgan fingerprint density at radius 2 is 1.85 bits per heavy atom. The molecule has 0 bridgehead atoms. The lowest BCUT2D eigenvalue weighted by atomic mass is 10.2. The lowest BCUT2D eigenvalue weighted by Gasteiger charge is -2.31. The first kappa shape index (κ1) is 12.8. The highest BCUT2D eigenvalue weighted by Gasteiger charge is 2.18. The number of aromatic nitrogens is 2. The molecule has 2 heterocycles. The molecule has 1 aromatic carbocycles. The van der Waals surface area contributed by atoms with Gasteiger partial charge in [-0.05, 0) is 12.1 Å². The van der Waals surface area contributed by atoms with Gasteiger partial charge in [0.05, 0.1) is 6.54 Å². The van der Waals surface area contributed by atoms with Crippen LogP contribution in [0, 0.1) is 0 Å². The number of hydrogen-bond acceptors (Lipinski definition) is 5. The third kappa shape index (κ3) is 2.85. The Morgan fingerprint density at radius 3 is 2.55 bits per heavy atom. The maximum absolute atomic E-state index is 10.7. The van der Waals surface area contributed by atoms with Gasteiger partial charge in [-0.1, -0.05) is 18.2 Å². The molecule has 1 aromatic heterocycles. The lowest BCUT2D eigenvalue weighted by molar-refractivity contribution is -0.119. The first-order valence-electron chi connectivity index (χ1n) is 6.64. The summed E-state index contributed by atoms with van der Waals surface area (Å²) in [6.45, 7) is 3.81. The van der Waals surface area contributed by atoms with Crippen LogP contribution in [-0.2, 0) is 11.3 Å². The normalized spacial score (nSPS) is 16.3. The van der Waals surface area contributed by atoms with E-state index in [4.69, 9.17) is 4.42 Å². The number of benzene rings is 1. The van der Waals surface area contributed by atoms with Gasteiger partial charge in [0.1, 0.15) is 0 Å². The van der Waals surface area contributed by atoms with Crippen LogP contribution in [0.4, 0.5) is 0 Å². The van der Waals surface area contributed by atoms with E-state index in [-0.39, 0.29) is 0 Å². The maximum Gasteiger partial charge on any atom is 0.247 e. The van der Waals surface area contributed by atoms with Gasteiger partial charge in [-0.3, -0.25) is 9.69 Å². The zero-order valence-corrected chi connectivity index (χ0v) is 11.1. The smallest absolute Gasteiger partial charge is 0.247 e. The molecule has 0 aliphatic carbocycles. The third-order valence-electron chi connectivity index (χ3n) is 3.40. The van der Waals surface area contributed by atoms with Crippen LogP contribution in [0.15, 0.2) is 34.7 Å². The Balaban J connectivity index is 1.62. The van der Waals surface area contributed by atoms with Crippen molar-refractivity contribution < 1.29 is 9.21 Å². The zero-order valence-electron chi connectivity index (χ0n) is 11.1. The first-order valence-corrected chi connectivity index (χ1v) is 6.64. The van der Waals surface area contributed by atoms with Crippen molar-refractivity contribution in [2.75, 3.05) is 26.2 Å². The van der Waals surface area contributed by atoms with E-state index >= 15 is 0 Å². The Kier molecular flexibility index (Phi) is 3.73. The molecule has 0 spiro atoms. The number of rotatable bonds is 4. The van der Waals surface area contributed by atoms with Gasteiger partial charge in [0.15, 0.2) is 0 Å². The average Bonchev–Trinajstić information content (AvgIpc) is 2.97. The fraction of sp³-hybridized carbons (Fsp3) is 0.357.